The molecule has 0 aliphatic carbocycles. The van der Waals surface area contributed by atoms with E-state index >= 15 is 0 Å². The summed E-state index contributed by atoms with van der Waals surface area (Å²) in [4.78, 5) is 36.1. The number of carbonyl (C=O) groups excluding carboxylic acids is 2. The van der Waals surface area contributed by atoms with E-state index in [1.807, 2.05) is 4.90 Å². The van der Waals surface area contributed by atoms with Crippen molar-refractivity contribution in [1.29, 1.82) is 0 Å². The van der Waals surface area contributed by atoms with E-state index in [9.17, 15) is 18.4 Å². The molecule has 0 spiro atoms. The third kappa shape index (κ3) is 4.11. The van der Waals surface area contributed by atoms with Gasteiger partial charge in [0, 0.05) is 44.1 Å². The highest BCUT2D eigenvalue weighted by Crippen LogP contribution is 2.10. The standard InChI is InChI=1S/C17H17F2N5O2/c18-13-3-2-12(10-14(13)19)16(26)22-11-15(25)23-6-8-24(9-7-23)17-20-4-1-5-21-17/h1-5,10H,6-9,11H2,(H,22,26). The van der Waals surface area contributed by atoms with Gasteiger partial charge in [-0.3, -0.25) is 9.59 Å². The Hall–Kier alpha value is -3.10. The van der Waals surface area contributed by atoms with Crippen molar-refractivity contribution in [2.45, 2.75) is 0 Å². The Morgan fingerprint density at radius 1 is 1.04 bits per heavy atom. The summed E-state index contributed by atoms with van der Waals surface area (Å²) in [5.74, 6) is -2.39. The first-order valence-electron chi connectivity index (χ1n) is 8.07. The van der Waals surface area contributed by atoms with Gasteiger partial charge in [-0.15, -0.1) is 0 Å². The van der Waals surface area contributed by atoms with Crippen molar-refractivity contribution in [2.75, 3.05) is 37.6 Å². The van der Waals surface area contributed by atoms with Gasteiger partial charge in [-0.2, -0.15) is 0 Å². The average molecular weight is 361 g/mol. The highest BCUT2D eigenvalue weighted by atomic mass is 19.2. The Labute approximate surface area is 148 Å². The van der Waals surface area contributed by atoms with Gasteiger partial charge < -0.3 is 15.1 Å². The summed E-state index contributed by atoms with van der Waals surface area (Å²) in [6.45, 7) is 1.94. The monoisotopic (exact) mass is 361 g/mol. The maximum atomic E-state index is 13.2. The van der Waals surface area contributed by atoms with Crippen LogP contribution in [0, 0.1) is 11.6 Å². The van der Waals surface area contributed by atoms with Gasteiger partial charge in [0.2, 0.25) is 11.9 Å². The van der Waals surface area contributed by atoms with Crippen LogP contribution in [-0.2, 0) is 4.79 Å². The lowest BCUT2D eigenvalue weighted by Gasteiger charge is -2.34. The molecule has 2 heterocycles. The van der Waals surface area contributed by atoms with E-state index in [1.165, 1.54) is 0 Å². The zero-order valence-electron chi connectivity index (χ0n) is 13.9. The van der Waals surface area contributed by atoms with E-state index in [-0.39, 0.29) is 18.0 Å². The number of carbonyl (C=O) groups is 2. The highest BCUT2D eigenvalue weighted by Gasteiger charge is 2.22. The van der Waals surface area contributed by atoms with Gasteiger partial charge in [-0.25, -0.2) is 18.7 Å². The molecule has 0 unspecified atom stereocenters. The van der Waals surface area contributed by atoms with Crippen LogP contribution in [0.15, 0.2) is 36.7 Å². The summed E-state index contributed by atoms with van der Waals surface area (Å²) in [7, 11) is 0. The van der Waals surface area contributed by atoms with Crippen molar-refractivity contribution < 1.29 is 18.4 Å². The molecule has 26 heavy (non-hydrogen) atoms. The van der Waals surface area contributed by atoms with Crippen LogP contribution in [0.5, 0.6) is 0 Å². The van der Waals surface area contributed by atoms with Crippen molar-refractivity contribution in [3.63, 3.8) is 0 Å². The number of hydrogen-bond acceptors (Lipinski definition) is 5. The molecule has 2 aromatic rings. The molecule has 3 rings (SSSR count). The summed E-state index contributed by atoms with van der Waals surface area (Å²) in [6, 6.07) is 4.57. The first kappa shape index (κ1) is 17.7. The predicted molar refractivity (Wildman–Crippen MR) is 89.5 cm³/mol. The van der Waals surface area contributed by atoms with Gasteiger partial charge in [-0.1, -0.05) is 0 Å². The molecule has 0 atom stereocenters. The van der Waals surface area contributed by atoms with Crippen LogP contribution >= 0.6 is 0 Å². The van der Waals surface area contributed by atoms with Crippen molar-refractivity contribution >= 4 is 17.8 Å². The van der Waals surface area contributed by atoms with Crippen LogP contribution < -0.4 is 10.2 Å². The van der Waals surface area contributed by atoms with Crippen LogP contribution in [0.3, 0.4) is 0 Å². The molecule has 0 saturated carbocycles. The molecular formula is C17H17F2N5O2. The smallest absolute Gasteiger partial charge is 0.251 e. The first-order chi connectivity index (χ1) is 12.5. The maximum absolute atomic E-state index is 13.2. The fraction of sp³-hybridized carbons (Fsp3) is 0.294. The molecule has 0 radical (unpaired) electrons. The second-order valence-corrected chi connectivity index (χ2v) is 5.73. The van der Waals surface area contributed by atoms with Gasteiger partial charge in [0.25, 0.3) is 5.91 Å². The Balaban J connectivity index is 1.48. The summed E-state index contributed by atoms with van der Waals surface area (Å²) in [6.07, 6.45) is 3.32. The Morgan fingerprint density at radius 3 is 2.38 bits per heavy atom. The predicted octanol–water partition coefficient (Wildman–Crippen LogP) is 0.833. The molecule has 0 bridgehead atoms. The maximum Gasteiger partial charge on any atom is 0.251 e. The fourth-order valence-electron chi connectivity index (χ4n) is 2.62. The molecule has 1 N–H and O–H groups in total. The van der Waals surface area contributed by atoms with Crippen molar-refractivity contribution in [3.05, 3.63) is 53.9 Å². The Morgan fingerprint density at radius 2 is 1.73 bits per heavy atom. The number of halogens is 2. The van der Waals surface area contributed by atoms with Gasteiger partial charge in [-0.05, 0) is 24.3 Å². The Bertz CT molecular complexity index is 795. The van der Waals surface area contributed by atoms with Crippen LogP contribution in [0.2, 0.25) is 0 Å². The minimum Gasteiger partial charge on any atom is -0.343 e. The molecule has 136 valence electrons. The van der Waals surface area contributed by atoms with Crippen molar-refractivity contribution in [3.8, 4) is 0 Å². The number of rotatable bonds is 4. The summed E-state index contributed by atoms with van der Waals surface area (Å²) >= 11 is 0. The molecule has 1 saturated heterocycles. The lowest BCUT2D eigenvalue weighted by molar-refractivity contribution is -0.130. The van der Waals surface area contributed by atoms with E-state index in [4.69, 9.17) is 0 Å². The number of anilines is 1. The quantitative estimate of drug-likeness (QED) is 0.873. The molecule has 1 aromatic heterocycles. The van der Waals surface area contributed by atoms with Gasteiger partial charge in [0.05, 0.1) is 6.54 Å². The number of aromatic nitrogens is 2. The zero-order valence-corrected chi connectivity index (χ0v) is 13.9. The molecule has 1 aromatic carbocycles. The number of benzene rings is 1. The van der Waals surface area contributed by atoms with Gasteiger partial charge in [0.15, 0.2) is 11.6 Å². The fourth-order valence-corrected chi connectivity index (χ4v) is 2.62. The number of piperazine rings is 1. The van der Waals surface area contributed by atoms with Crippen LogP contribution in [0.25, 0.3) is 0 Å². The van der Waals surface area contributed by atoms with E-state index in [0.717, 1.165) is 18.2 Å². The van der Waals surface area contributed by atoms with E-state index in [1.54, 1.807) is 23.4 Å². The van der Waals surface area contributed by atoms with Crippen LogP contribution in [0.4, 0.5) is 14.7 Å². The third-order valence-corrected chi connectivity index (χ3v) is 4.05. The molecule has 1 aliphatic heterocycles. The number of nitrogens with zero attached hydrogens (tertiary/aromatic N) is 4. The lowest BCUT2D eigenvalue weighted by Crippen LogP contribution is -2.51. The normalized spacial score (nSPS) is 14.2. The van der Waals surface area contributed by atoms with E-state index in [0.29, 0.717) is 32.1 Å². The van der Waals surface area contributed by atoms with Crippen LogP contribution in [0.1, 0.15) is 10.4 Å². The van der Waals surface area contributed by atoms with E-state index in [2.05, 4.69) is 15.3 Å². The second kappa shape index (κ2) is 7.85. The highest BCUT2D eigenvalue weighted by molar-refractivity contribution is 5.96. The molecule has 2 amide bonds. The molecular weight excluding hydrogens is 344 g/mol. The topological polar surface area (TPSA) is 78.4 Å². The molecule has 9 heteroatoms. The SMILES string of the molecule is O=C(NCC(=O)N1CCN(c2ncccn2)CC1)c1ccc(F)c(F)c1. The first-order valence-corrected chi connectivity index (χ1v) is 8.07. The summed E-state index contributed by atoms with van der Waals surface area (Å²) < 4.78 is 26.1. The van der Waals surface area contributed by atoms with Gasteiger partial charge in [0.1, 0.15) is 0 Å². The number of hydrogen-bond donors (Lipinski definition) is 1. The molecule has 1 fully saturated rings. The minimum absolute atomic E-state index is 0.0391. The number of nitrogens with one attached hydrogen (secondary N) is 1. The average Bonchev–Trinajstić information content (AvgIpc) is 2.68. The second-order valence-electron chi connectivity index (χ2n) is 5.73. The third-order valence-electron chi connectivity index (χ3n) is 4.05. The van der Waals surface area contributed by atoms with Crippen LogP contribution in [-0.4, -0.2) is 59.4 Å². The molecule has 7 nitrogen and oxygen atoms in total. The van der Waals surface area contributed by atoms with E-state index < -0.39 is 17.5 Å². The zero-order chi connectivity index (χ0) is 18.5. The summed E-state index contributed by atoms with van der Waals surface area (Å²) in [5, 5.41) is 2.43. The van der Waals surface area contributed by atoms with Gasteiger partial charge >= 0.3 is 0 Å². The summed E-state index contributed by atoms with van der Waals surface area (Å²) in [5.41, 5.74) is -0.0391. The van der Waals surface area contributed by atoms with Crippen molar-refractivity contribution in [2.24, 2.45) is 0 Å². The lowest BCUT2D eigenvalue weighted by atomic mass is 10.2. The molecule has 1 aliphatic rings. The minimum atomic E-state index is -1.11. The van der Waals surface area contributed by atoms with Crippen molar-refractivity contribution in [1.82, 2.24) is 20.2 Å². The Kier molecular flexibility index (Phi) is 5.35. The number of amides is 2. The largest absolute Gasteiger partial charge is 0.343 e.